The van der Waals surface area contributed by atoms with Crippen molar-refractivity contribution in [2.45, 2.75) is 13.5 Å². The standard InChI is InChI=1S/C13H15N5O3/c1-8-9(7-16-17-8)6-15-13(19)10-4-3-5-11(18(20)21)12(10)14-2/h3-5,7,14H,6H2,1-2H3,(H,15,19)(H,16,17). The van der Waals surface area contributed by atoms with Crippen molar-refractivity contribution >= 4 is 17.3 Å². The first-order valence-electron chi connectivity index (χ1n) is 6.26. The van der Waals surface area contributed by atoms with Gasteiger partial charge in [-0.3, -0.25) is 20.0 Å². The molecule has 8 nitrogen and oxygen atoms in total. The van der Waals surface area contributed by atoms with E-state index in [4.69, 9.17) is 0 Å². The zero-order chi connectivity index (χ0) is 15.4. The molecular weight excluding hydrogens is 274 g/mol. The monoisotopic (exact) mass is 289 g/mol. The van der Waals surface area contributed by atoms with Crippen LogP contribution in [0.25, 0.3) is 0 Å². The molecule has 0 aliphatic heterocycles. The number of carbonyl (C=O) groups excluding carboxylic acids is 1. The molecule has 2 rings (SSSR count). The van der Waals surface area contributed by atoms with Gasteiger partial charge < -0.3 is 10.6 Å². The smallest absolute Gasteiger partial charge is 0.293 e. The van der Waals surface area contributed by atoms with Gasteiger partial charge in [0.15, 0.2) is 0 Å². The first-order chi connectivity index (χ1) is 10.0. The lowest BCUT2D eigenvalue weighted by molar-refractivity contribution is -0.384. The van der Waals surface area contributed by atoms with Gasteiger partial charge in [0.05, 0.1) is 16.7 Å². The third-order valence-corrected chi connectivity index (χ3v) is 3.11. The van der Waals surface area contributed by atoms with Gasteiger partial charge in [-0.05, 0) is 13.0 Å². The number of anilines is 1. The minimum Gasteiger partial charge on any atom is -0.382 e. The van der Waals surface area contributed by atoms with Crippen molar-refractivity contribution < 1.29 is 9.72 Å². The fraction of sp³-hybridized carbons (Fsp3) is 0.231. The fourth-order valence-electron chi connectivity index (χ4n) is 1.97. The Morgan fingerprint density at radius 1 is 1.48 bits per heavy atom. The van der Waals surface area contributed by atoms with E-state index in [1.807, 2.05) is 6.92 Å². The molecule has 0 saturated carbocycles. The number of rotatable bonds is 5. The number of amides is 1. The molecule has 0 aliphatic carbocycles. The van der Waals surface area contributed by atoms with E-state index in [1.165, 1.54) is 18.2 Å². The number of aromatic amines is 1. The summed E-state index contributed by atoms with van der Waals surface area (Å²) in [5.41, 5.74) is 2.02. The molecule has 8 heteroatoms. The predicted octanol–water partition coefficient (Wildman–Crippen LogP) is 1.60. The number of nitrogens with one attached hydrogen (secondary N) is 3. The molecule has 3 N–H and O–H groups in total. The first kappa shape index (κ1) is 14.5. The Morgan fingerprint density at radius 2 is 2.24 bits per heavy atom. The number of hydrogen-bond donors (Lipinski definition) is 3. The van der Waals surface area contributed by atoms with E-state index in [1.54, 1.807) is 13.2 Å². The number of aromatic nitrogens is 2. The summed E-state index contributed by atoms with van der Waals surface area (Å²) in [6, 6.07) is 4.37. The Morgan fingerprint density at radius 3 is 2.81 bits per heavy atom. The lowest BCUT2D eigenvalue weighted by atomic mass is 10.1. The minimum absolute atomic E-state index is 0.135. The molecule has 0 aliphatic rings. The van der Waals surface area contributed by atoms with E-state index in [2.05, 4.69) is 20.8 Å². The summed E-state index contributed by atoms with van der Waals surface area (Å²) >= 11 is 0. The summed E-state index contributed by atoms with van der Waals surface area (Å²) in [4.78, 5) is 22.6. The second-order valence-corrected chi connectivity index (χ2v) is 4.41. The number of nitro benzene ring substituents is 1. The molecule has 0 bridgehead atoms. The Labute approximate surface area is 120 Å². The van der Waals surface area contributed by atoms with Crippen LogP contribution in [0.5, 0.6) is 0 Å². The van der Waals surface area contributed by atoms with Crippen molar-refractivity contribution in [3.63, 3.8) is 0 Å². The second-order valence-electron chi connectivity index (χ2n) is 4.41. The number of benzene rings is 1. The van der Waals surface area contributed by atoms with Crippen LogP contribution in [0.1, 0.15) is 21.6 Å². The van der Waals surface area contributed by atoms with Crippen LogP contribution < -0.4 is 10.6 Å². The summed E-state index contributed by atoms with van der Waals surface area (Å²) in [5.74, 6) is -0.386. The molecule has 0 radical (unpaired) electrons. The molecule has 0 atom stereocenters. The van der Waals surface area contributed by atoms with Crippen molar-refractivity contribution in [2.24, 2.45) is 0 Å². The van der Waals surface area contributed by atoms with Crippen LogP contribution in [0.2, 0.25) is 0 Å². The average Bonchev–Trinajstić information content (AvgIpc) is 2.89. The van der Waals surface area contributed by atoms with Crippen LogP contribution in [0, 0.1) is 17.0 Å². The quantitative estimate of drug-likeness (QED) is 0.571. The maximum Gasteiger partial charge on any atom is 0.293 e. The van der Waals surface area contributed by atoms with Gasteiger partial charge in [-0.2, -0.15) is 5.10 Å². The predicted molar refractivity (Wildman–Crippen MR) is 77.1 cm³/mol. The normalized spacial score (nSPS) is 10.2. The zero-order valence-corrected chi connectivity index (χ0v) is 11.6. The second kappa shape index (κ2) is 6.04. The van der Waals surface area contributed by atoms with Gasteiger partial charge in [0.1, 0.15) is 5.69 Å². The van der Waals surface area contributed by atoms with E-state index in [9.17, 15) is 14.9 Å². The van der Waals surface area contributed by atoms with E-state index >= 15 is 0 Å². The van der Waals surface area contributed by atoms with Crippen molar-refractivity contribution in [1.82, 2.24) is 15.5 Å². The number of nitro groups is 1. The third kappa shape index (κ3) is 2.99. The lowest BCUT2D eigenvalue weighted by Gasteiger charge is -2.10. The molecule has 110 valence electrons. The summed E-state index contributed by atoms with van der Waals surface area (Å²) in [5, 5.41) is 23.0. The molecule has 0 unspecified atom stereocenters. The summed E-state index contributed by atoms with van der Waals surface area (Å²) < 4.78 is 0. The van der Waals surface area contributed by atoms with Gasteiger partial charge in [0.25, 0.3) is 11.6 Å². The maximum absolute atomic E-state index is 12.2. The van der Waals surface area contributed by atoms with Gasteiger partial charge in [-0.1, -0.05) is 6.07 Å². The minimum atomic E-state index is -0.525. The fourth-order valence-corrected chi connectivity index (χ4v) is 1.97. The summed E-state index contributed by atoms with van der Waals surface area (Å²) in [6.45, 7) is 2.15. The number of aryl methyl sites for hydroxylation is 1. The number of nitrogens with zero attached hydrogens (tertiary/aromatic N) is 2. The highest BCUT2D eigenvalue weighted by Crippen LogP contribution is 2.27. The van der Waals surface area contributed by atoms with E-state index in [0.29, 0.717) is 6.54 Å². The molecule has 0 fully saturated rings. The highest BCUT2D eigenvalue weighted by Gasteiger charge is 2.20. The van der Waals surface area contributed by atoms with Crippen LogP contribution >= 0.6 is 0 Å². The molecule has 0 saturated heterocycles. The number of para-hydroxylation sites is 1. The molecule has 1 aromatic carbocycles. The molecule has 2 aromatic rings. The zero-order valence-electron chi connectivity index (χ0n) is 11.6. The molecule has 0 spiro atoms. The molecule has 1 amide bonds. The van der Waals surface area contributed by atoms with Crippen LogP contribution in [0.15, 0.2) is 24.4 Å². The van der Waals surface area contributed by atoms with Gasteiger partial charge in [0.2, 0.25) is 0 Å². The van der Waals surface area contributed by atoms with E-state index in [-0.39, 0.29) is 22.8 Å². The molecule has 1 heterocycles. The van der Waals surface area contributed by atoms with E-state index in [0.717, 1.165) is 11.3 Å². The Kier molecular flexibility index (Phi) is 4.17. The summed E-state index contributed by atoms with van der Waals surface area (Å²) in [7, 11) is 1.54. The molecule has 21 heavy (non-hydrogen) atoms. The number of carbonyl (C=O) groups is 1. The van der Waals surface area contributed by atoms with Crippen LogP contribution in [-0.2, 0) is 6.54 Å². The first-order valence-corrected chi connectivity index (χ1v) is 6.26. The molecular formula is C13H15N5O3. The van der Waals surface area contributed by atoms with Gasteiger partial charge >= 0.3 is 0 Å². The Bertz CT molecular complexity index is 680. The largest absolute Gasteiger partial charge is 0.382 e. The topological polar surface area (TPSA) is 113 Å². The van der Waals surface area contributed by atoms with Crippen LogP contribution in [0.3, 0.4) is 0 Å². The number of hydrogen-bond acceptors (Lipinski definition) is 5. The van der Waals surface area contributed by atoms with Crippen LogP contribution in [0.4, 0.5) is 11.4 Å². The van der Waals surface area contributed by atoms with Crippen molar-refractivity contribution in [3.8, 4) is 0 Å². The van der Waals surface area contributed by atoms with Crippen molar-refractivity contribution in [2.75, 3.05) is 12.4 Å². The van der Waals surface area contributed by atoms with E-state index < -0.39 is 4.92 Å². The summed E-state index contributed by atoms with van der Waals surface area (Å²) in [6.07, 6.45) is 1.63. The van der Waals surface area contributed by atoms with Crippen molar-refractivity contribution in [3.05, 3.63) is 51.3 Å². The average molecular weight is 289 g/mol. The van der Waals surface area contributed by atoms with Crippen LogP contribution in [-0.4, -0.2) is 28.1 Å². The van der Waals surface area contributed by atoms with Gasteiger partial charge in [-0.15, -0.1) is 0 Å². The SMILES string of the molecule is CNc1c(C(=O)NCc2cn[nH]c2C)cccc1[N+](=O)[O-]. The van der Waals surface area contributed by atoms with Gasteiger partial charge in [0, 0.05) is 30.9 Å². The lowest BCUT2D eigenvalue weighted by Crippen LogP contribution is -2.24. The maximum atomic E-state index is 12.2. The van der Waals surface area contributed by atoms with Crippen molar-refractivity contribution in [1.29, 1.82) is 0 Å². The highest BCUT2D eigenvalue weighted by molar-refractivity contribution is 6.01. The number of H-pyrrole nitrogens is 1. The highest BCUT2D eigenvalue weighted by atomic mass is 16.6. The Balaban J connectivity index is 2.21. The third-order valence-electron chi connectivity index (χ3n) is 3.11. The van der Waals surface area contributed by atoms with Gasteiger partial charge in [-0.25, -0.2) is 0 Å². The molecule has 1 aromatic heterocycles. The Hall–Kier alpha value is -2.90.